The number of aliphatic hydroxyl groups excluding tert-OH is 6. The minimum absolute atomic E-state index is 0. The summed E-state index contributed by atoms with van der Waals surface area (Å²) in [5.74, 6) is 0. The number of hydrogen-bond acceptors (Lipinski definition) is 6. The predicted molar refractivity (Wildman–Crippen MR) is 53.7 cm³/mol. The zero-order chi connectivity index (χ0) is 21.1. The van der Waals surface area contributed by atoms with Gasteiger partial charge in [-0.25, -0.2) is 0 Å². The molecule has 0 aliphatic rings. The van der Waals surface area contributed by atoms with Crippen LogP contribution in [-0.2, 0) is 114 Å². The number of halogens is 8. The Morgan fingerprint density at radius 3 is 0.400 bits per heavy atom. The molecule has 0 heterocycles. The van der Waals surface area contributed by atoms with Crippen molar-refractivity contribution < 1.29 is 212 Å². The van der Waals surface area contributed by atoms with E-state index < -0.39 is 87.1 Å². The summed E-state index contributed by atoms with van der Waals surface area (Å²) in [6, 6.07) is 0. The van der Waals surface area contributed by atoms with E-state index in [-0.39, 0.29) is 66.9 Å². The van der Waals surface area contributed by atoms with Crippen LogP contribution < -0.4 is 0 Å². The third-order valence-electron chi connectivity index (χ3n) is 0.300. The van der Waals surface area contributed by atoms with Crippen LogP contribution in [0.25, 0.3) is 0 Å². The molecular weight excluding hydrogens is 1010 g/mol. The molecule has 25 heavy (non-hydrogen) atoms. The van der Waals surface area contributed by atoms with Gasteiger partial charge >= 0.3 is 154 Å². The van der Waals surface area contributed by atoms with Gasteiger partial charge in [-0.15, -0.1) is 0 Å². The molecule has 19 heteroatoms. The second-order valence-electron chi connectivity index (χ2n) is 1.81. The van der Waals surface area contributed by atoms with Gasteiger partial charge in [-0.1, -0.05) is 0 Å². The molecule has 0 atom stereocenters. The molecule has 0 aromatic heterocycles. The van der Waals surface area contributed by atoms with Crippen molar-refractivity contribution in [3.8, 4) is 0 Å². The van der Waals surface area contributed by atoms with Crippen LogP contribution >= 0.6 is 0 Å². The first-order chi connectivity index (χ1) is 11.4. The van der Waals surface area contributed by atoms with Gasteiger partial charge in [0.2, 0.25) is 0 Å². The van der Waals surface area contributed by atoms with Crippen LogP contribution in [0.15, 0.2) is 0 Å². The van der Waals surface area contributed by atoms with Crippen LogP contribution in [0.5, 0.6) is 0 Å². The molecule has 0 saturated carbocycles. The molecule has 0 bridgehead atoms. The maximum atomic E-state index is 7.62. The Bertz CT molecular complexity index is 92.4. The van der Waals surface area contributed by atoms with E-state index in [1.165, 1.54) is 0 Å². The van der Waals surface area contributed by atoms with E-state index in [1.807, 2.05) is 0 Å². The van der Waals surface area contributed by atoms with Crippen LogP contribution in [0.3, 0.4) is 0 Å². The van der Waals surface area contributed by atoms with Crippen molar-refractivity contribution in [1.29, 1.82) is 0 Å². The van der Waals surface area contributed by atoms with E-state index in [0.29, 0.717) is 0 Å². The topological polar surface area (TPSA) is 121 Å². The van der Waals surface area contributed by atoms with E-state index in [4.69, 9.17) is 30.6 Å². The molecule has 0 radical (unpaired) electrons. The molecular formula is C6H26Cd5Cl8O6+8. The average molecular weight is 1040 g/mol. The molecule has 0 aliphatic heterocycles. The van der Waals surface area contributed by atoms with Crippen molar-refractivity contribution in [3.63, 3.8) is 0 Å². The number of aliphatic hydroxyl groups is 6. The zero-order valence-corrected chi connectivity index (χ0v) is 40.4. The fourth-order valence-electron chi connectivity index (χ4n) is 0. The molecule has 0 aliphatic carbocycles. The van der Waals surface area contributed by atoms with Crippen molar-refractivity contribution in [2.75, 3.05) is 39.6 Å². The van der Waals surface area contributed by atoms with Crippen LogP contribution in [0.4, 0.5) is 0 Å². The number of rotatable bonds is 3. The minimum atomic E-state index is -0.843. The summed E-state index contributed by atoms with van der Waals surface area (Å²) in [6.45, 7) is -0.750. The third kappa shape index (κ3) is 269. The van der Waals surface area contributed by atoms with Crippen LogP contribution in [0, 0.1) is 66.5 Å². The Hall–Kier alpha value is 6.69. The van der Waals surface area contributed by atoms with E-state index in [1.54, 1.807) is 0 Å². The van der Waals surface area contributed by atoms with Crippen LogP contribution in [0.2, 0.25) is 0 Å². The first kappa shape index (κ1) is 53.2. The van der Waals surface area contributed by atoms with Crippen molar-refractivity contribution in [2.24, 2.45) is 0 Å². The monoisotopic (exact) mass is 1040 g/mol. The van der Waals surface area contributed by atoms with Gasteiger partial charge in [-0.2, -0.15) is 0 Å². The first-order valence-corrected chi connectivity index (χ1v) is 49.9. The second kappa shape index (κ2) is 97.1. The maximum absolute atomic E-state index is 7.62. The summed E-state index contributed by atoms with van der Waals surface area (Å²) < 4.78 is 0. The predicted octanol–water partition coefficient (Wildman–Crippen LogP) is -5.24. The molecule has 6 nitrogen and oxygen atoms in total. The molecule has 0 saturated heterocycles. The van der Waals surface area contributed by atoms with Gasteiger partial charge < -0.3 is 30.6 Å². The third-order valence-corrected chi connectivity index (χ3v) is 0.300. The fourth-order valence-corrected chi connectivity index (χ4v) is 0. The van der Waals surface area contributed by atoms with E-state index >= 15 is 0 Å². The van der Waals surface area contributed by atoms with Crippen molar-refractivity contribution in [1.82, 2.24) is 0 Å². The fraction of sp³-hybridized carbons (Fsp3) is 1.00. The van der Waals surface area contributed by atoms with E-state index in [9.17, 15) is 0 Å². The number of hydrogen-bond donors (Lipinski definition) is 6. The molecule has 0 amide bonds. The van der Waals surface area contributed by atoms with Gasteiger partial charge in [0.1, 0.15) is 0 Å². The Morgan fingerprint density at radius 2 is 0.400 bits per heavy atom. The molecule has 0 rings (SSSR count). The second-order valence-corrected chi connectivity index (χ2v) is 29.8. The standard InChI is InChI=1S/3C2H6O2.5Cd.8ClH/c3*3-1-2-4;;;;;;;;;;;;;/h3*3-4H,1-2H2;;;;;;8*1H/q;;;;4*+2;;;;;;;;. The Morgan fingerprint density at radius 1 is 0.360 bits per heavy atom. The summed E-state index contributed by atoms with van der Waals surface area (Å²) in [5.41, 5.74) is 0. The molecule has 144 valence electrons. The van der Waals surface area contributed by atoms with Gasteiger partial charge in [0.05, 0.1) is 39.6 Å². The summed E-state index contributed by atoms with van der Waals surface area (Å²) in [7, 11) is 35.3. The van der Waals surface area contributed by atoms with Gasteiger partial charge in [-0.05, 0) is 0 Å². The zero-order valence-electron chi connectivity index (χ0n) is 13.7. The Labute approximate surface area is 245 Å². The van der Waals surface area contributed by atoms with Gasteiger partial charge in [0.15, 0.2) is 0 Å². The molecule has 6 N–H and O–H groups in total. The molecule has 0 fully saturated rings. The molecule has 0 aromatic carbocycles. The van der Waals surface area contributed by atoms with Gasteiger partial charge in [-0.3, -0.25) is 0 Å². The van der Waals surface area contributed by atoms with Crippen molar-refractivity contribution in [3.05, 3.63) is 0 Å². The van der Waals surface area contributed by atoms with Crippen molar-refractivity contribution >= 4 is 0 Å². The Kier molecular flexibility index (Phi) is 207. The summed E-state index contributed by atoms with van der Waals surface area (Å²) >= 11 is -3.37. The summed E-state index contributed by atoms with van der Waals surface area (Å²) in [4.78, 5) is 0. The van der Waals surface area contributed by atoms with Crippen LogP contribution in [-0.4, -0.2) is 70.3 Å². The van der Waals surface area contributed by atoms with E-state index in [0.717, 1.165) is 0 Å². The first-order valence-electron chi connectivity index (χ1n) is 5.71. The Balaban J connectivity index is -0.0000000224. The van der Waals surface area contributed by atoms with E-state index in [2.05, 4.69) is 66.5 Å². The van der Waals surface area contributed by atoms with Crippen molar-refractivity contribution in [2.45, 2.75) is 0 Å². The normalized spacial score (nSPS) is 5.20. The molecule has 0 unspecified atom stereocenters. The summed E-state index contributed by atoms with van der Waals surface area (Å²) in [5, 5.41) is 45.8. The summed E-state index contributed by atoms with van der Waals surface area (Å²) in [6.07, 6.45) is 0. The SMILES string of the molecule is OCCO.OCCO.OCCO.[Cd].[ClH+][Cd][ClH+].[ClH+][Cd][ClH+].[ClH+][Cd][ClH+].[ClH+][Cd][ClH+]. The molecule has 0 spiro atoms. The van der Waals surface area contributed by atoms with Gasteiger partial charge in [0.25, 0.3) is 0 Å². The quantitative estimate of drug-likeness (QED) is 0.158. The van der Waals surface area contributed by atoms with Crippen LogP contribution in [0.1, 0.15) is 0 Å². The molecule has 0 aromatic rings. The van der Waals surface area contributed by atoms with Gasteiger partial charge in [0, 0.05) is 27.3 Å². The average Bonchev–Trinajstić information content (AvgIpc) is 2.58.